The molecule has 38 heavy (non-hydrogen) atoms. The second kappa shape index (κ2) is 9.46. The third-order valence-electron chi connectivity index (χ3n) is 6.44. The lowest BCUT2D eigenvalue weighted by Gasteiger charge is -2.19. The lowest BCUT2D eigenvalue weighted by molar-refractivity contribution is 0.0715. The van der Waals surface area contributed by atoms with Crippen molar-refractivity contribution in [2.45, 2.75) is 26.4 Å². The summed E-state index contributed by atoms with van der Waals surface area (Å²) >= 11 is 0. The number of oxazole rings is 1. The highest BCUT2D eigenvalue weighted by Gasteiger charge is 2.34. The first-order valence-corrected chi connectivity index (χ1v) is 11.8. The lowest BCUT2D eigenvalue weighted by atomic mass is 9.96. The molecule has 0 amide bonds. The molecule has 0 saturated heterocycles. The van der Waals surface area contributed by atoms with Crippen molar-refractivity contribution in [2.75, 3.05) is 0 Å². The zero-order chi connectivity index (χ0) is 27.2. The van der Waals surface area contributed by atoms with Crippen LogP contribution in [0.3, 0.4) is 0 Å². The largest absolute Gasteiger partial charge is 0.436 e. The summed E-state index contributed by atoms with van der Waals surface area (Å²) in [6.45, 7) is 4.87. The number of aryl methyl sites for hydroxylation is 2. The summed E-state index contributed by atoms with van der Waals surface area (Å²) in [7, 11) is 0. The van der Waals surface area contributed by atoms with Gasteiger partial charge in [0.05, 0.1) is 11.3 Å². The van der Waals surface area contributed by atoms with Gasteiger partial charge >= 0.3 is 0 Å². The van der Waals surface area contributed by atoms with E-state index in [9.17, 15) is 23.1 Å². The average Bonchev–Trinajstić information content (AvgIpc) is 3.31. The minimum atomic E-state index is -1.69. The molecule has 0 fully saturated rings. The maximum Gasteiger partial charge on any atom is 0.255 e. The zero-order valence-corrected chi connectivity index (χ0v) is 20.8. The normalized spacial score (nSPS) is 12.9. The Morgan fingerprint density at radius 2 is 1.58 bits per heavy atom. The molecule has 192 valence electrons. The lowest BCUT2D eigenvalue weighted by Crippen LogP contribution is -2.23. The van der Waals surface area contributed by atoms with Crippen molar-refractivity contribution in [1.82, 2.24) is 9.55 Å². The highest BCUT2D eigenvalue weighted by Crippen LogP contribution is 2.39. The molecule has 0 unspecified atom stereocenters. The van der Waals surface area contributed by atoms with Crippen LogP contribution in [-0.2, 0) is 5.60 Å². The molecule has 0 spiro atoms. The fourth-order valence-corrected chi connectivity index (χ4v) is 4.55. The fraction of sp³-hybridized carbons (Fsp3) is 0.133. The Balaban J connectivity index is 1.75. The van der Waals surface area contributed by atoms with E-state index in [2.05, 4.69) is 4.98 Å². The van der Waals surface area contributed by atoms with E-state index in [1.807, 2.05) is 0 Å². The number of rotatable bonds is 5. The van der Waals surface area contributed by atoms with Crippen molar-refractivity contribution in [3.63, 3.8) is 0 Å². The number of benzene rings is 3. The van der Waals surface area contributed by atoms with Crippen LogP contribution in [0.15, 0.2) is 88.2 Å². The average molecular weight is 517 g/mol. The summed E-state index contributed by atoms with van der Waals surface area (Å²) in [5.74, 6) is -2.24. The Kier molecular flexibility index (Phi) is 6.28. The third-order valence-corrected chi connectivity index (χ3v) is 6.44. The Morgan fingerprint density at radius 1 is 0.895 bits per heavy atom. The van der Waals surface area contributed by atoms with Crippen LogP contribution in [0.5, 0.6) is 0 Å². The summed E-state index contributed by atoms with van der Waals surface area (Å²) in [6.07, 6.45) is 1.50. The predicted octanol–water partition coefficient (Wildman–Crippen LogP) is 6.45. The first-order chi connectivity index (χ1) is 18.1. The fourth-order valence-electron chi connectivity index (χ4n) is 4.55. The van der Waals surface area contributed by atoms with E-state index in [1.54, 1.807) is 44.2 Å². The van der Waals surface area contributed by atoms with Crippen LogP contribution in [-0.4, -0.2) is 14.7 Å². The summed E-state index contributed by atoms with van der Waals surface area (Å²) in [6, 6.07) is 17.2. The molecule has 0 aliphatic rings. The summed E-state index contributed by atoms with van der Waals surface area (Å²) in [5.41, 5.74) is 0.423. The van der Waals surface area contributed by atoms with Gasteiger partial charge in [-0.25, -0.2) is 18.2 Å². The smallest absolute Gasteiger partial charge is 0.255 e. The number of aromatic nitrogens is 2. The molecule has 8 heteroatoms. The van der Waals surface area contributed by atoms with Gasteiger partial charge in [-0.2, -0.15) is 0 Å². The molecular formula is C30H23F3N2O3. The molecule has 5 nitrogen and oxygen atoms in total. The Morgan fingerprint density at radius 3 is 2.24 bits per heavy atom. The van der Waals surface area contributed by atoms with E-state index in [1.165, 1.54) is 48.0 Å². The maximum atomic E-state index is 14.9. The van der Waals surface area contributed by atoms with Crippen molar-refractivity contribution in [3.05, 3.63) is 129 Å². The van der Waals surface area contributed by atoms with Gasteiger partial charge in [-0.05, 0) is 67.8 Å². The van der Waals surface area contributed by atoms with E-state index in [0.717, 1.165) is 12.1 Å². The first-order valence-electron chi connectivity index (χ1n) is 11.8. The van der Waals surface area contributed by atoms with Gasteiger partial charge in [-0.3, -0.25) is 9.36 Å². The number of hydrogen-bond acceptors (Lipinski definition) is 4. The topological polar surface area (TPSA) is 68.3 Å². The predicted molar refractivity (Wildman–Crippen MR) is 137 cm³/mol. The van der Waals surface area contributed by atoms with Gasteiger partial charge in [0.15, 0.2) is 11.4 Å². The number of halogens is 3. The Hall–Kier alpha value is -4.43. The highest BCUT2D eigenvalue weighted by atomic mass is 19.1. The third kappa shape index (κ3) is 4.43. The van der Waals surface area contributed by atoms with E-state index in [0.29, 0.717) is 27.9 Å². The number of pyridine rings is 1. The minimum Gasteiger partial charge on any atom is -0.436 e. The van der Waals surface area contributed by atoms with Crippen molar-refractivity contribution >= 4 is 0 Å². The van der Waals surface area contributed by atoms with Crippen molar-refractivity contribution < 1.29 is 22.7 Å². The van der Waals surface area contributed by atoms with Crippen molar-refractivity contribution in [1.29, 1.82) is 0 Å². The molecule has 2 aromatic heterocycles. The van der Waals surface area contributed by atoms with Crippen LogP contribution < -0.4 is 5.56 Å². The molecular weight excluding hydrogens is 493 g/mol. The molecule has 0 bridgehead atoms. The first kappa shape index (κ1) is 25.2. The van der Waals surface area contributed by atoms with Crippen molar-refractivity contribution in [3.8, 4) is 28.3 Å². The van der Waals surface area contributed by atoms with Gasteiger partial charge in [0.25, 0.3) is 5.56 Å². The van der Waals surface area contributed by atoms with Crippen molar-refractivity contribution in [2.24, 2.45) is 0 Å². The van der Waals surface area contributed by atoms with Crippen LogP contribution in [0.1, 0.15) is 29.5 Å². The highest BCUT2D eigenvalue weighted by molar-refractivity contribution is 5.77. The summed E-state index contributed by atoms with van der Waals surface area (Å²) < 4.78 is 49.9. The standard InChI is InChI=1S/C30H23F3N2O3/c1-17-13-22(32)14-18(2)27(17)35-16-19(9-12-25(35)36)26-28(23-11-10-21(31)15-24(23)33)38-29(34-26)30(3,37)20-7-5-4-6-8-20/h4-16,37H,1-3H3/t30-/m1/s1. The SMILES string of the molecule is Cc1cc(F)cc(C)c1-n1cc(-c2nc([C@](C)(O)c3ccccc3)oc2-c2ccc(F)cc2F)ccc1=O. The van der Waals surface area contributed by atoms with Gasteiger partial charge in [0.2, 0.25) is 5.89 Å². The molecule has 0 aliphatic carbocycles. The molecule has 3 aromatic carbocycles. The Labute approximate surface area is 216 Å². The van der Waals surface area contributed by atoms with Crippen LogP contribution >= 0.6 is 0 Å². The van der Waals surface area contributed by atoms with Crippen LogP contribution in [0, 0.1) is 31.3 Å². The molecule has 5 aromatic rings. The number of aliphatic hydroxyl groups is 1. The van der Waals surface area contributed by atoms with Crippen LogP contribution in [0.2, 0.25) is 0 Å². The number of hydrogen-bond donors (Lipinski definition) is 1. The molecule has 0 aliphatic heterocycles. The van der Waals surface area contributed by atoms with E-state index < -0.39 is 23.1 Å². The van der Waals surface area contributed by atoms with Gasteiger partial charge in [-0.15, -0.1) is 0 Å². The van der Waals surface area contributed by atoms with E-state index >= 15 is 0 Å². The number of nitrogens with zero attached hydrogens (tertiary/aromatic N) is 2. The van der Waals surface area contributed by atoms with E-state index in [-0.39, 0.29) is 28.5 Å². The minimum absolute atomic E-state index is 0.0496. The molecule has 0 radical (unpaired) electrons. The van der Waals surface area contributed by atoms with Gasteiger partial charge in [0, 0.05) is 23.9 Å². The van der Waals surface area contributed by atoms with Crippen LogP contribution in [0.4, 0.5) is 13.2 Å². The Bertz CT molecular complexity index is 1700. The van der Waals surface area contributed by atoms with Crippen LogP contribution in [0.25, 0.3) is 28.3 Å². The van der Waals surface area contributed by atoms with E-state index in [4.69, 9.17) is 4.42 Å². The molecule has 5 rings (SSSR count). The quantitative estimate of drug-likeness (QED) is 0.292. The molecule has 0 saturated carbocycles. The van der Waals surface area contributed by atoms with Gasteiger partial charge < -0.3 is 9.52 Å². The second-order valence-corrected chi connectivity index (χ2v) is 9.27. The summed E-state index contributed by atoms with van der Waals surface area (Å²) in [4.78, 5) is 17.4. The second-order valence-electron chi connectivity index (χ2n) is 9.27. The monoisotopic (exact) mass is 516 g/mol. The zero-order valence-electron chi connectivity index (χ0n) is 20.8. The maximum absolute atomic E-state index is 14.9. The molecule has 2 heterocycles. The van der Waals surface area contributed by atoms with Gasteiger partial charge in [-0.1, -0.05) is 30.3 Å². The molecule has 1 atom stereocenters. The molecule has 1 N–H and O–H groups in total. The summed E-state index contributed by atoms with van der Waals surface area (Å²) in [5, 5.41) is 11.4. The van der Waals surface area contributed by atoms with Gasteiger partial charge in [0.1, 0.15) is 23.1 Å².